The van der Waals surface area contributed by atoms with E-state index < -0.39 is 0 Å². The summed E-state index contributed by atoms with van der Waals surface area (Å²) >= 11 is 0. The highest BCUT2D eigenvalue weighted by atomic mass is 16.5. The van der Waals surface area contributed by atoms with Crippen LogP contribution in [-0.2, 0) is 0 Å². The van der Waals surface area contributed by atoms with Gasteiger partial charge in [0, 0.05) is 24.8 Å². The molecule has 0 amide bonds. The lowest BCUT2D eigenvalue weighted by Gasteiger charge is -2.05. The van der Waals surface area contributed by atoms with Crippen LogP contribution in [-0.4, -0.2) is 30.2 Å². The van der Waals surface area contributed by atoms with E-state index in [1.807, 2.05) is 19.1 Å². The van der Waals surface area contributed by atoms with Crippen LogP contribution in [0.3, 0.4) is 0 Å². The Morgan fingerprint density at radius 3 is 2.93 bits per heavy atom. The van der Waals surface area contributed by atoms with Gasteiger partial charge in [0.1, 0.15) is 0 Å². The Labute approximate surface area is 89.4 Å². The van der Waals surface area contributed by atoms with Crippen LogP contribution in [0.15, 0.2) is 18.2 Å². The Bertz CT molecular complexity index is 338. The molecule has 1 aromatic rings. The van der Waals surface area contributed by atoms with Crippen LogP contribution >= 0.6 is 0 Å². The van der Waals surface area contributed by atoms with E-state index in [-0.39, 0.29) is 0 Å². The molecule has 0 fully saturated rings. The van der Waals surface area contributed by atoms with Gasteiger partial charge >= 0.3 is 0 Å². The maximum absolute atomic E-state index is 5.31. The van der Waals surface area contributed by atoms with Crippen LogP contribution in [0.4, 0.5) is 5.95 Å². The van der Waals surface area contributed by atoms with Crippen molar-refractivity contribution in [1.82, 2.24) is 9.97 Å². The smallest absolute Gasteiger partial charge is 0.226 e. The molecule has 0 aliphatic heterocycles. The first kappa shape index (κ1) is 11.5. The zero-order valence-electron chi connectivity index (χ0n) is 9.03. The van der Waals surface area contributed by atoms with E-state index in [0.29, 0.717) is 24.9 Å². The molecular weight excluding hydrogens is 192 g/mol. The molecule has 1 heterocycles. The molecule has 0 saturated carbocycles. The van der Waals surface area contributed by atoms with Crippen LogP contribution in [0.5, 0.6) is 5.88 Å². The average Bonchev–Trinajstić information content (AvgIpc) is 2.23. The number of nitrogens with one attached hydrogen (secondary N) is 1. The van der Waals surface area contributed by atoms with Crippen LogP contribution in [0.2, 0.25) is 0 Å². The molecule has 0 unspecified atom stereocenters. The van der Waals surface area contributed by atoms with E-state index in [4.69, 9.17) is 10.5 Å². The summed E-state index contributed by atoms with van der Waals surface area (Å²) in [6, 6.07) is 1.78. The molecule has 1 aromatic heterocycles. The van der Waals surface area contributed by atoms with Crippen molar-refractivity contribution in [2.45, 2.75) is 6.92 Å². The minimum Gasteiger partial charge on any atom is -0.481 e. The van der Waals surface area contributed by atoms with E-state index >= 15 is 0 Å². The first-order valence-electron chi connectivity index (χ1n) is 4.75. The van der Waals surface area contributed by atoms with Crippen molar-refractivity contribution in [3.63, 3.8) is 0 Å². The van der Waals surface area contributed by atoms with E-state index in [0.717, 1.165) is 5.69 Å². The second kappa shape index (κ2) is 5.98. The summed E-state index contributed by atoms with van der Waals surface area (Å²) < 4.78 is 5.03. The van der Waals surface area contributed by atoms with Gasteiger partial charge in [-0.05, 0) is 6.92 Å². The second-order valence-corrected chi connectivity index (χ2v) is 2.96. The molecule has 0 aliphatic rings. The summed E-state index contributed by atoms with van der Waals surface area (Å²) in [5, 5.41) is 3.05. The molecule has 0 aromatic carbocycles. The molecule has 15 heavy (non-hydrogen) atoms. The largest absolute Gasteiger partial charge is 0.481 e. The summed E-state index contributed by atoms with van der Waals surface area (Å²) in [7, 11) is 1.58. The maximum atomic E-state index is 5.31. The summed E-state index contributed by atoms with van der Waals surface area (Å²) in [5.41, 5.74) is 6.18. The zero-order valence-corrected chi connectivity index (χ0v) is 9.03. The summed E-state index contributed by atoms with van der Waals surface area (Å²) in [6.45, 7) is 3.09. The van der Waals surface area contributed by atoms with Gasteiger partial charge in [-0.25, -0.2) is 4.98 Å². The predicted molar refractivity (Wildman–Crippen MR) is 60.0 cm³/mol. The lowest BCUT2D eigenvalue weighted by molar-refractivity contribution is 0.397. The molecule has 0 bridgehead atoms. The second-order valence-electron chi connectivity index (χ2n) is 2.96. The van der Waals surface area contributed by atoms with Crippen LogP contribution in [0.25, 0.3) is 0 Å². The fourth-order valence-corrected chi connectivity index (χ4v) is 1.05. The van der Waals surface area contributed by atoms with E-state index in [1.54, 1.807) is 13.2 Å². The van der Waals surface area contributed by atoms with Crippen molar-refractivity contribution in [2.24, 2.45) is 5.73 Å². The lowest BCUT2D eigenvalue weighted by atomic mass is 10.4. The Morgan fingerprint density at radius 2 is 2.27 bits per heavy atom. The Balaban J connectivity index is 2.60. The molecule has 0 radical (unpaired) electrons. The molecular formula is C10H16N4O. The van der Waals surface area contributed by atoms with Crippen molar-refractivity contribution in [2.75, 3.05) is 25.5 Å². The summed E-state index contributed by atoms with van der Waals surface area (Å²) in [6.07, 6.45) is 3.80. The van der Waals surface area contributed by atoms with Crippen molar-refractivity contribution in [3.8, 4) is 5.88 Å². The van der Waals surface area contributed by atoms with Crippen molar-refractivity contribution in [1.29, 1.82) is 0 Å². The minimum absolute atomic E-state index is 0.541. The number of aryl methyl sites for hydroxylation is 1. The first-order chi connectivity index (χ1) is 7.26. The van der Waals surface area contributed by atoms with Gasteiger partial charge < -0.3 is 15.8 Å². The number of nitrogens with two attached hydrogens (primary N) is 1. The topological polar surface area (TPSA) is 73.1 Å². The Kier molecular flexibility index (Phi) is 4.56. The number of methoxy groups -OCH3 is 1. The molecule has 5 nitrogen and oxygen atoms in total. The van der Waals surface area contributed by atoms with Gasteiger partial charge in [0.2, 0.25) is 11.8 Å². The summed E-state index contributed by atoms with van der Waals surface area (Å²) in [4.78, 5) is 8.35. The van der Waals surface area contributed by atoms with E-state index in [2.05, 4.69) is 15.3 Å². The highest BCUT2D eigenvalue weighted by molar-refractivity contribution is 5.31. The van der Waals surface area contributed by atoms with Crippen LogP contribution in [0.1, 0.15) is 5.69 Å². The van der Waals surface area contributed by atoms with Gasteiger partial charge in [-0.1, -0.05) is 12.2 Å². The van der Waals surface area contributed by atoms with Gasteiger partial charge in [-0.3, -0.25) is 0 Å². The quantitative estimate of drug-likeness (QED) is 0.697. The van der Waals surface area contributed by atoms with Crippen LogP contribution in [0, 0.1) is 6.92 Å². The van der Waals surface area contributed by atoms with E-state index in [1.165, 1.54) is 0 Å². The predicted octanol–water partition coefficient (Wildman–Crippen LogP) is 0.720. The highest BCUT2D eigenvalue weighted by Crippen LogP contribution is 2.10. The van der Waals surface area contributed by atoms with Gasteiger partial charge in [-0.2, -0.15) is 4.98 Å². The molecule has 0 saturated heterocycles. The minimum atomic E-state index is 0.541. The molecule has 3 N–H and O–H groups in total. The van der Waals surface area contributed by atoms with Gasteiger partial charge in [0.15, 0.2) is 0 Å². The molecule has 5 heteroatoms. The third kappa shape index (κ3) is 3.95. The van der Waals surface area contributed by atoms with E-state index in [9.17, 15) is 0 Å². The Hall–Kier alpha value is -1.62. The SMILES string of the molecule is COc1cc(C)nc(NC/C=C/CN)n1. The number of hydrogen-bond donors (Lipinski definition) is 2. The fraction of sp³-hybridized carbons (Fsp3) is 0.400. The fourth-order valence-electron chi connectivity index (χ4n) is 1.05. The lowest BCUT2D eigenvalue weighted by Crippen LogP contribution is -2.05. The first-order valence-corrected chi connectivity index (χ1v) is 4.75. The molecule has 0 spiro atoms. The van der Waals surface area contributed by atoms with Crippen molar-refractivity contribution < 1.29 is 4.74 Å². The zero-order chi connectivity index (χ0) is 11.1. The van der Waals surface area contributed by atoms with Crippen molar-refractivity contribution >= 4 is 5.95 Å². The maximum Gasteiger partial charge on any atom is 0.226 e. The average molecular weight is 208 g/mol. The van der Waals surface area contributed by atoms with Crippen molar-refractivity contribution in [3.05, 3.63) is 23.9 Å². The van der Waals surface area contributed by atoms with Gasteiger partial charge in [-0.15, -0.1) is 0 Å². The normalized spacial score (nSPS) is 10.6. The number of aromatic nitrogens is 2. The third-order valence-corrected chi connectivity index (χ3v) is 1.72. The van der Waals surface area contributed by atoms with Gasteiger partial charge in [0.25, 0.3) is 0 Å². The highest BCUT2D eigenvalue weighted by Gasteiger charge is 1.99. The molecule has 0 atom stereocenters. The number of hydrogen-bond acceptors (Lipinski definition) is 5. The number of rotatable bonds is 5. The molecule has 82 valence electrons. The van der Waals surface area contributed by atoms with Crippen LogP contribution < -0.4 is 15.8 Å². The van der Waals surface area contributed by atoms with Gasteiger partial charge in [0.05, 0.1) is 7.11 Å². The number of nitrogens with zero attached hydrogens (tertiary/aromatic N) is 2. The number of anilines is 1. The summed E-state index contributed by atoms with van der Waals surface area (Å²) in [5.74, 6) is 1.13. The third-order valence-electron chi connectivity index (χ3n) is 1.72. The standard InChI is InChI=1S/C10H16N4O/c1-8-7-9(15-2)14-10(13-8)12-6-4-3-5-11/h3-4,7H,5-6,11H2,1-2H3,(H,12,13,14)/b4-3+. The Morgan fingerprint density at radius 1 is 1.47 bits per heavy atom. The number of ether oxygens (including phenoxy) is 1. The molecule has 0 aliphatic carbocycles. The molecule has 1 rings (SSSR count). The monoisotopic (exact) mass is 208 g/mol.